The van der Waals surface area contributed by atoms with Gasteiger partial charge in [-0.3, -0.25) is 0 Å². The number of nitrogens with zero attached hydrogens (tertiary/aromatic N) is 4. The molecule has 2 aliphatic rings. The van der Waals surface area contributed by atoms with Gasteiger partial charge in [0.05, 0.1) is 27.8 Å². The van der Waals surface area contributed by atoms with Crippen molar-refractivity contribution in [3.8, 4) is 61.7 Å². The summed E-state index contributed by atoms with van der Waals surface area (Å²) in [4.78, 5) is 4.93. The Morgan fingerprint density at radius 3 is 1.89 bits per heavy atom. The highest BCUT2D eigenvalue weighted by molar-refractivity contribution is 6.12. The summed E-state index contributed by atoms with van der Waals surface area (Å²) in [5, 5.41) is 11.8. The van der Waals surface area contributed by atoms with E-state index in [1.54, 1.807) is 0 Å². The summed E-state index contributed by atoms with van der Waals surface area (Å²) in [6, 6.07) is 68.3. The Kier molecular flexibility index (Phi) is 6.73. The highest BCUT2D eigenvalue weighted by Gasteiger charge is 2.50. The first-order valence-corrected chi connectivity index (χ1v) is 19.5. The van der Waals surface area contributed by atoms with Gasteiger partial charge < -0.3 is 4.57 Å². The predicted molar refractivity (Wildman–Crippen MR) is 232 cm³/mol. The van der Waals surface area contributed by atoms with Gasteiger partial charge in [0.25, 0.3) is 0 Å². The van der Waals surface area contributed by atoms with Crippen molar-refractivity contribution >= 4 is 21.8 Å². The second-order valence-electron chi connectivity index (χ2n) is 15.2. The van der Waals surface area contributed by atoms with Gasteiger partial charge in [0, 0.05) is 21.9 Å². The fourth-order valence-corrected chi connectivity index (χ4v) is 9.90. The molecule has 1 aliphatic heterocycles. The Balaban J connectivity index is 0.980. The summed E-state index contributed by atoms with van der Waals surface area (Å²) in [7, 11) is 0. The molecular weight excluding hydrogens is 693 g/mol. The fourth-order valence-electron chi connectivity index (χ4n) is 9.90. The van der Waals surface area contributed by atoms with Crippen LogP contribution < -0.4 is 0 Å². The number of para-hydroxylation sites is 3. The average Bonchev–Trinajstić information content (AvgIpc) is 3.77. The van der Waals surface area contributed by atoms with Crippen LogP contribution in [0.15, 0.2) is 188 Å². The van der Waals surface area contributed by atoms with E-state index >= 15 is 0 Å². The summed E-state index contributed by atoms with van der Waals surface area (Å²) >= 11 is 0. The molecule has 1 spiro atoms. The van der Waals surface area contributed by atoms with Crippen molar-refractivity contribution in [2.24, 2.45) is 0 Å². The number of aromatic nitrogens is 4. The van der Waals surface area contributed by atoms with Crippen molar-refractivity contribution < 1.29 is 0 Å². The molecule has 1 aliphatic carbocycles. The molecule has 0 N–H and O–H groups in total. The summed E-state index contributed by atoms with van der Waals surface area (Å²) in [6.07, 6.45) is 0. The Morgan fingerprint density at radius 2 is 1.05 bits per heavy atom. The van der Waals surface area contributed by atoms with E-state index in [-0.39, 0.29) is 0 Å². The quantitative estimate of drug-likeness (QED) is 0.181. The van der Waals surface area contributed by atoms with Gasteiger partial charge in [-0.25, -0.2) is 4.98 Å². The minimum atomic E-state index is -0.451. The van der Waals surface area contributed by atoms with Crippen molar-refractivity contribution in [2.75, 3.05) is 0 Å². The lowest BCUT2D eigenvalue weighted by Gasteiger charge is -2.39. The maximum atomic E-state index is 4.93. The Hall–Kier alpha value is -7.43. The second-order valence-corrected chi connectivity index (χ2v) is 15.2. The molecule has 0 bridgehead atoms. The molecule has 8 aromatic carbocycles. The number of benzene rings is 8. The van der Waals surface area contributed by atoms with Gasteiger partial charge in [0.1, 0.15) is 5.69 Å². The molecule has 0 fully saturated rings. The summed E-state index contributed by atoms with van der Waals surface area (Å²) < 4.78 is 2.50. The minimum Gasteiger partial charge on any atom is -0.309 e. The lowest BCUT2D eigenvalue weighted by atomic mass is 9.65. The summed E-state index contributed by atoms with van der Waals surface area (Å²) in [5.41, 5.74) is 19.4. The number of rotatable bonds is 4. The number of hydrogen-bond donors (Lipinski definition) is 0. The monoisotopic (exact) mass is 726 g/mol. The Labute approximate surface area is 330 Å². The van der Waals surface area contributed by atoms with E-state index in [2.05, 4.69) is 166 Å². The van der Waals surface area contributed by atoms with Gasteiger partial charge in [-0.15, -0.1) is 10.2 Å². The number of aryl methyl sites for hydroxylation is 1. The van der Waals surface area contributed by atoms with Crippen LogP contribution in [-0.2, 0) is 5.41 Å². The normalized spacial score (nSPS) is 14.8. The smallest absolute Gasteiger partial charge is 0.182 e. The van der Waals surface area contributed by atoms with Crippen molar-refractivity contribution in [2.45, 2.75) is 12.3 Å². The molecule has 4 nitrogen and oxygen atoms in total. The van der Waals surface area contributed by atoms with Crippen molar-refractivity contribution in [3.63, 3.8) is 0 Å². The van der Waals surface area contributed by atoms with Crippen molar-refractivity contribution in [1.29, 1.82) is 0 Å². The first kappa shape index (κ1) is 31.9. The van der Waals surface area contributed by atoms with Crippen LogP contribution in [0.3, 0.4) is 0 Å². The third-order valence-corrected chi connectivity index (χ3v) is 12.3. The van der Waals surface area contributed by atoms with Gasteiger partial charge in [0.15, 0.2) is 5.82 Å². The molecule has 0 saturated carbocycles. The van der Waals surface area contributed by atoms with Gasteiger partial charge in [0.2, 0.25) is 0 Å². The molecule has 0 radical (unpaired) electrons. The number of fused-ring (bicyclic) bond motifs is 12. The van der Waals surface area contributed by atoms with Crippen LogP contribution in [0.1, 0.15) is 27.9 Å². The molecule has 1 unspecified atom stereocenters. The first-order chi connectivity index (χ1) is 28.2. The third kappa shape index (κ3) is 4.41. The molecular formula is C53H34N4. The van der Waals surface area contributed by atoms with Crippen LogP contribution in [0, 0.1) is 6.92 Å². The summed E-state index contributed by atoms with van der Waals surface area (Å²) in [5.74, 6) is 0.624. The molecule has 1 atom stereocenters. The second kappa shape index (κ2) is 12.0. The average molecular weight is 727 g/mol. The summed E-state index contributed by atoms with van der Waals surface area (Å²) in [6.45, 7) is 2.00. The van der Waals surface area contributed by atoms with Gasteiger partial charge in [-0.1, -0.05) is 170 Å². The van der Waals surface area contributed by atoms with Gasteiger partial charge >= 0.3 is 0 Å². The van der Waals surface area contributed by atoms with E-state index < -0.39 is 5.41 Å². The maximum Gasteiger partial charge on any atom is 0.182 e. The Bertz CT molecular complexity index is 3250. The fraction of sp³-hybridized carbons (Fsp3) is 0.0377. The zero-order valence-electron chi connectivity index (χ0n) is 31.2. The van der Waals surface area contributed by atoms with Crippen LogP contribution in [0.2, 0.25) is 0 Å². The zero-order valence-corrected chi connectivity index (χ0v) is 31.2. The van der Waals surface area contributed by atoms with E-state index in [1.807, 2.05) is 43.3 Å². The highest BCUT2D eigenvalue weighted by atomic mass is 15.2. The zero-order chi connectivity index (χ0) is 37.7. The molecule has 3 heterocycles. The topological polar surface area (TPSA) is 43.6 Å². The largest absolute Gasteiger partial charge is 0.309 e. The van der Waals surface area contributed by atoms with Crippen LogP contribution in [0.5, 0.6) is 0 Å². The number of hydrogen-bond acceptors (Lipinski definition) is 3. The molecule has 10 aromatic rings. The van der Waals surface area contributed by atoms with E-state index in [0.717, 1.165) is 33.6 Å². The predicted octanol–water partition coefficient (Wildman–Crippen LogP) is 12.6. The minimum absolute atomic E-state index is 0.451. The molecule has 4 heteroatoms. The highest BCUT2D eigenvalue weighted by Crippen LogP contribution is 2.61. The van der Waals surface area contributed by atoms with E-state index in [0.29, 0.717) is 5.82 Å². The van der Waals surface area contributed by atoms with Crippen molar-refractivity contribution in [1.82, 2.24) is 19.7 Å². The van der Waals surface area contributed by atoms with Crippen LogP contribution in [-0.4, -0.2) is 19.7 Å². The third-order valence-electron chi connectivity index (χ3n) is 12.3. The lowest BCUT2D eigenvalue weighted by Crippen LogP contribution is -2.33. The first-order valence-electron chi connectivity index (χ1n) is 19.5. The SMILES string of the molecule is Cc1nc(-c2ccccc2-c2ccc(-c3ccc4c(c3)-c3ccccc3C43c4ccccc4-n4c5ccccc5c5cccc3c54)cc2)nnc1-c1ccccc1. The standard InChI is InChI=1S/C53H34N4/c1-33-50(36-14-3-2-4-15-36)55-56-52(54-33)42-19-6-5-16-38(42)35-28-26-34(27-29-35)37-30-31-45-43(32-37)39-17-7-9-21-44(39)53(45)46-22-10-12-25-49(46)57-48-24-11-8-18-40(48)41-20-13-23-47(53)51(41)57/h2-32H,1H3. The molecule has 2 aromatic heterocycles. The Morgan fingerprint density at radius 1 is 0.421 bits per heavy atom. The molecule has 266 valence electrons. The molecule has 0 amide bonds. The van der Waals surface area contributed by atoms with Gasteiger partial charge in [-0.05, 0) is 80.8 Å². The van der Waals surface area contributed by atoms with E-state index in [9.17, 15) is 0 Å². The van der Waals surface area contributed by atoms with Crippen LogP contribution in [0.4, 0.5) is 0 Å². The van der Waals surface area contributed by atoms with Crippen LogP contribution in [0.25, 0.3) is 83.5 Å². The van der Waals surface area contributed by atoms with Gasteiger partial charge in [-0.2, -0.15) is 0 Å². The lowest BCUT2D eigenvalue weighted by molar-refractivity contribution is 0.748. The molecule has 12 rings (SSSR count). The van der Waals surface area contributed by atoms with E-state index in [4.69, 9.17) is 4.98 Å². The van der Waals surface area contributed by atoms with Crippen LogP contribution >= 0.6 is 0 Å². The maximum absolute atomic E-state index is 4.93. The van der Waals surface area contributed by atoms with Crippen molar-refractivity contribution in [3.05, 3.63) is 216 Å². The van der Waals surface area contributed by atoms with E-state index in [1.165, 1.54) is 72.0 Å². The molecule has 57 heavy (non-hydrogen) atoms. The molecule has 0 saturated heterocycles.